The Kier molecular flexibility index (Phi) is 3.50. The molecule has 0 aliphatic heterocycles. The van der Waals surface area contributed by atoms with E-state index in [-0.39, 0.29) is 6.04 Å². The highest BCUT2D eigenvalue weighted by molar-refractivity contribution is 9.10. The first kappa shape index (κ1) is 12.9. The van der Waals surface area contributed by atoms with Crippen molar-refractivity contribution in [1.29, 1.82) is 0 Å². The number of halogens is 1. The predicted octanol–water partition coefficient (Wildman–Crippen LogP) is 3.50. The van der Waals surface area contributed by atoms with Gasteiger partial charge in [-0.1, -0.05) is 0 Å². The minimum absolute atomic E-state index is 0.197. The van der Waals surface area contributed by atoms with Gasteiger partial charge in [0.05, 0.1) is 12.2 Å². The number of fused-ring (bicyclic) bond motifs is 1. The molecule has 2 aromatic heterocycles. The molecule has 2 atom stereocenters. The fraction of sp³-hybridized carbons (Fsp3) is 0.500. The van der Waals surface area contributed by atoms with Crippen LogP contribution in [0.4, 0.5) is 0 Å². The Morgan fingerprint density at radius 1 is 1.53 bits per heavy atom. The molecule has 0 spiro atoms. The van der Waals surface area contributed by atoms with E-state index < -0.39 is 0 Å². The van der Waals surface area contributed by atoms with Gasteiger partial charge in [0.25, 0.3) is 0 Å². The molecule has 1 aliphatic carbocycles. The quantitative estimate of drug-likeness (QED) is 0.940. The Labute approximate surface area is 121 Å². The van der Waals surface area contributed by atoms with Crippen LogP contribution in [0.5, 0.6) is 0 Å². The zero-order valence-electron chi connectivity index (χ0n) is 11.2. The van der Waals surface area contributed by atoms with Crippen molar-refractivity contribution < 1.29 is 4.42 Å². The van der Waals surface area contributed by atoms with Crippen LogP contribution in [-0.2, 0) is 13.5 Å². The van der Waals surface area contributed by atoms with Crippen LogP contribution in [0.3, 0.4) is 0 Å². The maximum absolute atomic E-state index is 5.61. The van der Waals surface area contributed by atoms with Crippen molar-refractivity contribution in [3.8, 4) is 0 Å². The van der Waals surface area contributed by atoms with Crippen molar-refractivity contribution in [2.45, 2.75) is 38.3 Å². The molecule has 2 unspecified atom stereocenters. The second-order valence-electron chi connectivity index (χ2n) is 5.15. The van der Waals surface area contributed by atoms with Gasteiger partial charge in [0.2, 0.25) is 0 Å². The number of hydrogen-bond donors (Lipinski definition) is 1. The molecule has 102 valence electrons. The van der Waals surface area contributed by atoms with Gasteiger partial charge in [0, 0.05) is 24.3 Å². The molecule has 3 rings (SSSR count). The first-order valence-corrected chi connectivity index (χ1v) is 7.46. The van der Waals surface area contributed by atoms with Crippen LogP contribution in [-0.4, -0.2) is 9.78 Å². The summed E-state index contributed by atoms with van der Waals surface area (Å²) in [4.78, 5) is 0. The molecular formula is C14H18BrN3O. The van der Waals surface area contributed by atoms with Gasteiger partial charge in [-0.2, -0.15) is 5.10 Å². The normalized spacial score (nSPS) is 20.3. The standard InChI is InChI=1S/C14H18BrN3O/c1-9(13-6-7-14(15)19-13)17-11-4-3-5-12-10(11)8-16-18(12)2/h6-9,11,17H,3-5H2,1-2H3. The van der Waals surface area contributed by atoms with Crippen LogP contribution in [0.1, 0.15) is 48.9 Å². The number of aromatic nitrogens is 2. The zero-order chi connectivity index (χ0) is 13.4. The highest BCUT2D eigenvalue weighted by Gasteiger charge is 2.25. The van der Waals surface area contributed by atoms with Crippen molar-refractivity contribution in [2.75, 3.05) is 0 Å². The number of hydrogen-bond acceptors (Lipinski definition) is 3. The topological polar surface area (TPSA) is 43.0 Å². The van der Waals surface area contributed by atoms with E-state index in [0.29, 0.717) is 6.04 Å². The van der Waals surface area contributed by atoms with Gasteiger partial charge in [0.1, 0.15) is 5.76 Å². The SMILES string of the molecule is CC(NC1CCCc2c1cnn2C)c1ccc(Br)o1. The van der Waals surface area contributed by atoms with Crippen molar-refractivity contribution >= 4 is 15.9 Å². The maximum Gasteiger partial charge on any atom is 0.169 e. The van der Waals surface area contributed by atoms with Gasteiger partial charge in [0.15, 0.2) is 4.67 Å². The van der Waals surface area contributed by atoms with Gasteiger partial charge >= 0.3 is 0 Å². The summed E-state index contributed by atoms with van der Waals surface area (Å²) in [5.74, 6) is 0.961. The van der Waals surface area contributed by atoms with Crippen molar-refractivity contribution in [3.05, 3.63) is 40.0 Å². The molecule has 0 amide bonds. The van der Waals surface area contributed by atoms with Crippen LogP contribution >= 0.6 is 15.9 Å². The van der Waals surface area contributed by atoms with Crippen LogP contribution < -0.4 is 5.32 Å². The third-order valence-corrected chi connectivity index (χ3v) is 4.27. The Hall–Kier alpha value is -1.07. The lowest BCUT2D eigenvalue weighted by Gasteiger charge is -2.26. The molecule has 0 radical (unpaired) electrons. The smallest absolute Gasteiger partial charge is 0.169 e. The molecule has 0 bridgehead atoms. The lowest BCUT2D eigenvalue weighted by Crippen LogP contribution is -2.27. The Morgan fingerprint density at radius 3 is 3.11 bits per heavy atom. The largest absolute Gasteiger partial charge is 0.453 e. The molecule has 5 heteroatoms. The molecule has 0 saturated carbocycles. The average molecular weight is 324 g/mol. The second kappa shape index (κ2) is 5.13. The van der Waals surface area contributed by atoms with Gasteiger partial charge in [-0.05, 0) is 54.2 Å². The van der Waals surface area contributed by atoms with Crippen molar-refractivity contribution in [1.82, 2.24) is 15.1 Å². The number of nitrogens with one attached hydrogen (secondary N) is 1. The molecule has 1 aliphatic rings. The molecule has 2 heterocycles. The van der Waals surface area contributed by atoms with Crippen LogP contribution in [0.25, 0.3) is 0 Å². The third-order valence-electron chi connectivity index (χ3n) is 3.85. The van der Waals surface area contributed by atoms with E-state index in [9.17, 15) is 0 Å². The zero-order valence-corrected chi connectivity index (χ0v) is 12.8. The fourth-order valence-electron chi connectivity index (χ4n) is 2.82. The maximum atomic E-state index is 5.61. The number of furan rings is 1. The van der Waals surface area contributed by atoms with Crippen LogP contribution in [0.15, 0.2) is 27.4 Å². The van der Waals surface area contributed by atoms with E-state index in [1.165, 1.54) is 17.7 Å². The van der Waals surface area contributed by atoms with E-state index >= 15 is 0 Å². The molecule has 0 saturated heterocycles. The molecule has 19 heavy (non-hydrogen) atoms. The van der Waals surface area contributed by atoms with E-state index in [0.717, 1.165) is 23.3 Å². The first-order chi connectivity index (χ1) is 9.15. The van der Waals surface area contributed by atoms with Gasteiger partial charge in [-0.3, -0.25) is 4.68 Å². The summed E-state index contributed by atoms with van der Waals surface area (Å²) in [5, 5.41) is 8.03. The lowest BCUT2D eigenvalue weighted by atomic mass is 9.92. The molecule has 2 aromatic rings. The van der Waals surface area contributed by atoms with Crippen LogP contribution in [0.2, 0.25) is 0 Å². The predicted molar refractivity (Wildman–Crippen MR) is 76.8 cm³/mol. The average Bonchev–Trinajstić information content (AvgIpc) is 2.98. The summed E-state index contributed by atoms with van der Waals surface area (Å²) in [7, 11) is 2.02. The molecular weight excluding hydrogens is 306 g/mol. The summed E-state index contributed by atoms with van der Waals surface area (Å²) in [5.41, 5.74) is 2.70. The van der Waals surface area contributed by atoms with Crippen molar-refractivity contribution in [3.63, 3.8) is 0 Å². The van der Waals surface area contributed by atoms with E-state index in [1.54, 1.807) is 0 Å². The summed E-state index contributed by atoms with van der Waals surface area (Å²) >= 11 is 3.35. The van der Waals surface area contributed by atoms with E-state index in [2.05, 4.69) is 33.3 Å². The van der Waals surface area contributed by atoms with Gasteiger partial charge < -0.3 is 9.73 Å². The summed E-state index contributed by atoms with van der Waals surface area (Å²) in [6.45, 7) is 2.13. The summed E-state index contributed by atoms with van der Waals surface area (Å²) in [6.07, 6.45) is 5.49. The number of aryl methyl sites for hydroxylation is 1. The highest BCUT2D eigenvalue weighted by atomic mass is 79.9. The lowest BCUT2D eigenvalue weighted by molar-refractivity contribution is 0.360. The van der Waals surface area contributed by atoms with Crippen molar-refractivity contribution in [2.24, 2.45) is 7.05 Å². The minimum Gasteiger partial charge on any atom is -0.453 e. The molecule has 1 N–H and O–H groups in total. The van der Waals surface area contributed by atoms with Crippen LogP contribution in [0, 0.1) is 0 Å². The first-order valence-electron chi connectivity index (χ1n) is 6.67. The van der Waals surface area contributed by atoms with Gasteiger partial charge in [-0.25, -0.2) is 0 Å². The van der Waals surface area contributed by atoms with Gasteiger partial charge in [-0.15, -0.1) is 0 Å². The molecule has 4 nitrogen and oxygen atoms in total. The minimum atomic E-state index is 0.197. The van der Waals surface area contributed by atoms with E-state index in [1.807, 2.05) is 30.1 Å². The second-order valence-corrected chi connectivity index (χ2v) is 5.93. The monoisotopic (exact) mass is 323 g/mol. The Balaban J connectivity index is 1.77. The van der Waals surface area contributed by atoms with E-state index in [4.69, 9.17) is 4.42 Å². The third kappa shape index (κ3) is 2.49. The Bertz CT molecular complexity index is 575. The number of nitrogens with zero attached hydrogens (tertiary/aromatic N) is 2. The Morgan fingerprint density at radius 2 is 2.37 bits per heavy atom. The fourth-order valence-corrected chi connectivity index (χ4v) is 3.14. The summed E-state index contributed by atoms with van der Waals surface area (Å²) < 4.78 is 8.39. The summed E-state index contributed by atoms with van der Waals surface area (Å²) in [6, 6.07) is 4.51. The highest BCUT2D eigenvalue weighted by Crippen LogP contribution is 2.31. The molecule has 0 fully saturated rings. The molecule has 0 aromatic carbocycles. The number of rotatable bonds is 3.